The Kier molecular flexibility index (Phi) is 5.41. The van der Waals surface area contributed by atoms with E-state index in [0.717, 1.165) is 51.7 Å². The summed E-state index contributed by atoms with van der Waals surface area (Å²) in [6, 6.07) is 25.5. The largest absolute Gasteiger partial charge is 0.467 e. The lowest BCUT2D eigenvalue weighted by Gasteiger charge is -2.31. The van der Waals surface area contributed by atoms with E-state index < -0.39 is 0 Å². The van der Waals surface area contributed by atoms with E-state index in [0.29, 0.717) is 18.3 Å². The third-order valence-corrected chi connectivity index (χ3v) is 8.44. The van der Waals surface area contributed by atoms with Gasteiger partial charge in [0, 0.05) is 17.1 Å². The fourth-order valence-electron chi connectivity index (χ4n) is 7.18. The standard InChI is InChI=1S/C31H35NO2/c1-21-14-24-18-31(17-21)19-28(31)30(24)34-20-33-29-22(2)15-27(16-23(29)3)32(25-10-6-4-7-11-25)26-12-8-5-9-13-26/h4-13,15-16,21,24,28,30H,14,17-20H2,1-3H3. The van der Waals surface area contributed by atoms with Gasteiger partial charge in [-0.25, -0.2) is 0 Å². The van der Waals surface area contributed by atoms with Crippen molar-refractivity contribution in [3.63, 3.8) is 0 Å². The van der Waals surface area contributed by atoms with Crippen LogP contribution >= 0.6 is 0 Å². The molecule has 5 atom stereocenters. The first kappa shape index (κ1) is 21.7. The van der Waals surface area contributed by atoms with Crippen LogP contribution in [0.1, 0.15) is 43.7 Å². The maximum Gasteiger partial charge on any atom is 0.189 e. The normalized spacial score (nSPS) is 28.9. The van der Waals surface area contributed by atoms with E-state index in [4.69, 9.17) is 9.47 Å². The van der Waals surface area contributed by atoms with Gasteiger partial charge in [0.1, 0.15) is 5.75 Å². The lowest BCUT2D eigenvalue weighted by atomic mass is 9.77. The van der Waals surface area contributed by atoms with Gasteiger partial charge in [0.2, 0.25) is 0 Å². The summed E-state index contributed by atoms with van der Waals surface area (Å²) in [6.45, 7) is 7.05. The van der Waals surface area contributed by atoms with Crippen molar-refractivity contribution in [1.82, 2.24) is 0 Å². The van der Waals surface area contributed by atoms with Gasteiger partial charge in [-0.05, 0) is 110 Å². The number of hydrogen-bond acceptors (Lipinski definition) is 3. The molecule has 3 saturated carbocycles. The summed E-state index contributed by atoms with van der Waals surface area (Å²) >= 11 is 0. The summed E-state index contributed by atoms with van der Waals surface area (Å²) in [7, 11) is 0. The van der Waals surface area contributed by atoms with Crippen LogP contribution in [0.15, 0.2) is 72.8 Å². The van der Waals surface area contributed by atoms with E-state index >= 15 is 0 Å². The molecule has 0 aliphatic heterocycles. The lowest BCUT2D eigenvalue weighted by Crippen LogP contribution is -2.27. The summed E-state index contributed by atoms with van der Waals surface area (Å²) < 4.78 is 12.7. The minimum atomic E-state index is 0.351. The van der Waals surface area contributed by atoms with Crippen LogP contribution in [-0.4, -0.2) is 12.9 Å². The molecule has 0 saturated heterocycles. The van der Waals surface area contributed by atoms with Crippen molar-refractivity contribution in [2.24, 2.45) is 23.2 Å². The summed E-state index contributed by atoms with van der Waals surface area (Å²) in [6.07, 6.45) is 5.89. The number of benzene rings is 3. The molecule has 3 aromatic rings. The molecule has 0 amide bonds. The van der Waals surface area contributed by atoms with Crippen LogP contribution in [0.3, 0.4) is 0 Å². The highest BCUT2D eigenvalue weighted by atomic mass is 16.7. The summed E-state index contributed by atoms with van der Waals surface area (Å²) in [5.41, 5.74) is 6.32. The number of aryl methyl sites for hydroxylation is 2. The fourth-order valence-corrected chi connectivity index (χ4v) is 7.18. The molecule has 176 valence electrons. The van der Waals surface area contributed by atoms with Crippen molar-refractivity contribution in [2.75, 3.05) is 11.7 Å². The molecule has 3 aliphatic carbocycles. The molecule has 34 heavy (non-hydrogen) atoms. The third kappa shape index (κ3) is 3.80. The van der Waals surface area contributed by atoms with Crippen molar-refractivity contribution in [3.05, 3.63) is 83.9 Å². The average molecular weight is 454 g/mol. The first-order chi connectivity index (χ1) is 16.5. The zero-order valence-corrected chi connectivity index (χ0v) is 20.5. The molecular weight excluding hydrogens is 418 g/mol. The summed E-state index contributed by atoms with van der Waals surface area (Å²) in [5.74, 6) is 3.32. The minimum absolute atomic E-state index is 0.351. The molecule has 6 rings (SSSR count). The Morgan fingerprint density at radius 3 is 2.06 bits per heavy atom. The van der Waals surface area contributed by atoms with Crippen LogP contribution in [0.2, 0.25) is 0 Å². The molecular formula is C31H35NO2. The molecule has 0 radical (unpaired) electrons. The molecule has 0 aromatic heterocycles. The predicted molar refractivity (Wildman–Crippen MR) is 138 cm³/mol. The molecule has 0 N–H and O–H groups in total. The summed E-state index contributed by atoms with van der Waals surface area (Å²) in [4.78, 5) is 2.30. The molecule has 5 unspecified atom stereocenters. The van der Waals surface area contributed by atoms with Gasteiger partial charge in [-0.15, -0.1) is 0 Å². The molecule has 3 aliphatic rings. The highest BCUT2D eigenvalue weighted by Gasteiger charge is 2.67. The zero-order chi connectivity index (χ0) is 23.3. The van der Waals surface area contributed by atoms with Gasteiger partial charge in [-0.3, -0.25) is 0 Å². The van der Waals surface area contributed by atoms with Crippen molar-refractivity contribution in [2.45, 2.75) is 52.6 Å². The molecule has 2 bridgehead atoms. The molecule has 3 nitrogen and oxygen atoms in total. The number of rotatable bonds is 7. The third-order valence-electron chi connectivity index (χ3n) is 8.44. The fraction of sp³-hybridized carbons (Fsp3) is 0.419. The van der Waals surface area contributed by atoms with E-state index in [-0.39, 0.29) is 0 Å². The second-order valence-corrected chi connectivity index (χ2v) is 11.0. The predicted octanol–water partition coefficient (Wildman–Crippen LogP) is 7.95. The van der Waals surface area contributed by atoms with Gasteiger partial charge in [-0.2, -0.15) is 0 Å². The topological polar surface area (TPSA) is 21.7 Å². The maximum absolute atomic E-state index is 6.41. The Balaban J connectivity index is 1.20. The highest BCUT2D eigenvalue weighted by molar-refractivity contribution is 5.77. The Hall–Kier alpha value is -2.78. The Bertz CT molecular complexity index is 1100. The van der Waals surface area contributed by atoms with Gasteiger partial charge in [0.05, 0.1) is 6.10 Å². The van der Waals surface area contributed by atoms with Crippen LogP contribution < -0.4 is 9.64 Å². The van der Waals surface area contributed by atoms with Crippen LogP contribution in [0.5, 0.6) is 5.75 Å². The molecule has 3 aromatic carbocycles. The van der Waals surface area contributed by atoms with Crippen molar-refractivity contribution < 1.29 is 9.47 Å². The van der Waals surface area contributed by atoms with E-state index in [1.807, 2.05) is 0 Å². The number of ether oxygens (including phenoxy) is 2. The zero-order valence-electron chi connectivity index (χ0n) is 20.5. The molecule has 3 heteroatoms. The van der Waals surface area contributed by atoms with E-state index in [1.165, 1.54) is 25.7 Å². The van der Waals surface area contributed by atoms with Gasteiger partial charge < -0.3 is 14.4 Å². The Morgan fingerprint density at radius 2 is 1.44 bits per heavy atom. The smallest absolute Gasteiger partial charge is 0.189 e. The van der Waals surface area contributed by atoms with Gasteiger partial charge >= 0.3 is 0 Å². The molecule has 0 heterocycles. The number of hydrogen-bond donors (Lipinski definition) is 0. The van der Waals surface area contributed by atoms with Crippen LogP contribution in [-0.2, 0) is 4.74 Å². The van der Waals surface area contributed by atoms with Crippen molar-refractivity contribution in [3.8, 4) is 5.75 Å². The quantitative estimate of drug-likeness (QED) is 0.339. The first-order valence-corrected chi connectivity index (χ1v) is 12.8. The number of fused-ring (bicyclic) bond motifs is 1. The van der Waals surface area contributed by atoms with Gasteiger partial charge in [0.15, 0.2) is 6.79 Å². The van der Waals surface area contributed by atoms with Crippen LogP contribution in [0, 0.1) is 37.0 Å². The molecule has 1 spiro atoms. The minimum Gasteiger partial charge on any atom is -0.467 e. The van der Waals surface area contributed by atoms with Crippen LogP contribution in [0.4, 0.5) is 17.1 Å². The number of nitrogens with zero attached hydrogens (tertiary/aromatic N) is 1. The Labute approximate surface area is 203 Å². The summed E-state index contributed by atoms with van der Waals surface area (Å²) in [5, 5.41) is 0. The monoisotopic (exact) mass is 453 g/mol. The van der Waals surface area contributed by atoms with Gasteiger partial charge in [-0.1, -0.05) is 43.3 Å². The van der Waals surface area contributed by atoms with Crippen LogP contribution in [0.25, 0.3) is 0 Å². The van der Waals surface area contributed by atoms with Crippen molar-refractivity contribution in [1.29, 1.82) is 0 Å². The van der Waals surface area contributed by atoms with E-state index in [2.05, 4.69) is 98.5 Å². The van der Waals surface area contributed by atoms with Crippen molar-refractivity contribution >= 4 is 17.1 Å². The van der Waals surface area contributed by atoms with E-state index in [9.17, 15) is 0 Å². The average Bonchev–Trinajstić information content (AvgIpc) is 3.44. The Morgan fingerprint density at radius 1 is 0.824 bits per heavy atom. The lowest BCUT2D eigenvalue weighted by molar-refractivity contribution is -0.0650. The molecule has 3 fully saturated rings. The first-order valence-electron chi connectivity index (χ1n) is 12.8. The maximum atomic E-state index is 6.41. The SMILES string of the molecule is Cc1cc(N(c2ccccc2)c2ccccc2)cc(C)c1OCOC1C2CC(C)CC3(C2)CC13. The highest BCUT2D eigenvalue weighted by Crippen LogP contribution is 2.72. The van der Waals surface area contributed by atoms with E-state index in [1.54, 1.807) is 0 Å². The second-order valence-electron chi connectivity index (χ2n) is 11.0. The second kappa shape index (κ2) is 8.46. The van der Waals surface area contributed by atoms with Gasteiger partial charge in [0.25, 0.3) is 0 Å². The number of anilines is 3. The number of para-hydroxylation sites is 2.